The Morgan fingerprint density at radius 3 is 2.66 bits per heavy atom. The van der Waals surface area contributed by atoms with Crippen LogP contribution < -0.4 is 10.2 Å². The molecule has 1 atom stereocenters. The third-order valence-corrected chi connectivity index (χ3v) is 5.26. The zero-order valence-electron chi connectivity index (χ0n) is 17.0. The molecule has 3 rings (SSSR count). The van der Waals surface area contributed by atoms with Crippen molar-refractivity contribution in [3.8, 4) is 11.1 Å². The number of benzene rings is 1. The second kappa shape index (κ2) is 9.22. The van der Waals surface area contributed by atoms with Crippen molar-refractivity contribution >= 4 is 29.4 Å². The largest absolute Gasteiger partial charge is 0.347 e. The summed E-state index contributed by atoms with van der Waals surface area (Å²) in [6.07, 6.45) is 3.67. The molecule has 2 aromatic rings. The number of aromatic nitrogens is 2. The van der Waals surface area contributed by atoms with Crippen LogP contribution in [0.5, 0.6) is 0 Å². The number of hydrogen-bond donors (Lipinski definition) is 1. The first kappa shape index (κ1) is 21.0. The van der Waals surface area contributed by atoms with Gasteiger partial charge in [-0.25, -0.2) is 9.97 Å². The normalized spacial score (nSPS) is 16.4. The van der Waals surface area contributed by atoms with Crippen LogP contribution in [0.4, 0.5) is 5.95 Å². The first-order chi connectivity index (χ1) is 13.8. The quantitative estimate of drug-likeness (QED) is 0.812. The Bertz CT molecular complexity index is 885. The summed E-state index contributed by atoms with van der Waals surface area (Å²) in [5, 5.41) is 3.26. The minimum Gasteiger partial charge on any atom is -0.347 e. The Morgan fingerprint density at radius 2 is 2.00 bits per heavy atom. The summed E-state index contributed by atoms with van der Waals surface area (Å²) in [7, 11) is 3.82. The highest BCUT2D eigenvalue weighted by molar-refractivity contribution is 6.30. The van der Waals surface area contributed by atoms with Crippen LogP contribution >= 0.6 is 11.6 Å². The molecule has 2 heterocycles. The van der Waals surface area contributed by atoms with Gasteiger partial charge in [0, 0.05) is 56.8 Å². The number of carbonyl (C=O) groups is 2. The fraction of sp³-hybridized carbons (Fsp3) is 0.429. The van der Waals surface area contributed by atoms with E-state index in [0.717, 1.165) is 29.7 Å². The van der Waals surface area contributed by atoms with Gasteiger partial charge in [-0.3, -0.25) is 9.59 Å². The molecule has 7 nitrogen and oxygen atoms in total. The minimum atomic E-state index is -0.205. The zero-order chi connectivity index (χ0) is 21.0. The van der Waals surface area contributed by atoms with E-state index in [2.05, 4.69) is 10.3 Å². The lowest BCUT2D eigenvalue weighted by Gasteiger charge is -2.33. The molecule has 29 heavy (non-hydrogen) atoms. The van der Waals surface area contributed by atoms with Gasteiger partial charge in [-0.05, 0) is 30.5 Å². The lowest BCUT2D eigenvalue weighted by Crippen LogP contribution is -2.44. The molecule has 0 radical (unpaired) electrons. The van der Waals surface area contributed by atoms with Crippen molar-refractivity contribution in [3.63, 3.8) is 0 Å². The summed E-state index contributed by atoms with van der Waals surface area (Å²) in [6, 6.07) is 7.63. The van der Waals surface area contributed by atoms with Gasteiger partial charge in [0.15, 0.2) is 0 Å². The average Bonchev–Trinajstić information content (AvgIpc) is 2.72. The van der Waals surface area contributed by atoms with Gasteiger partial charge >= 0.3 is 0 Å². The molecule has 0 saturated carbocycles. The van der Waals surface area contributed by atoms with Crippen molar-refractivity contribution < 1.29 is 9.59 Å². The second-order valence-electron chi connectivity index (χ2n) is 7.46. The molecule has 154 valence electrons. The summed E-state index contributed by atoms with van der Waals surface area (Å²) >= 11 is 6.05. The topological polar surface area (TPSA) is 78.4 Å². The van der Waals surface area contributed by atoms with E-state index in [0.29, 0.717) is 24.1 Å². The molecule has 1 aliphatic heterocycles. The summed E-state index contributed by atoms with van der Waals surface area (Å²) in [5.74, 6) is 0.458. The number of rotatable bonds is 5. The molecule has 1 aromatic carbocycles. The number of amides is 2. The van der Waals surface area contributed by atoms with Crippen molar-refractivity contribution in [2.45, 2.75) is 25.7 Å². The van der Waals surface area contributed by atoms with Gasteiger partial charge in [0.2, 0.25) is 17.8 Å². The minimum absolute atomic E-state index is 0.0266. The Hall–Kier alpha value is -2.67. The van der Waals surface area contributed by atoms with Crippen molar-refractivity contribution in [2.24, 2.45) is 0 Å². The first-order valence-electron chi connectivity index (χ1n) is 9.67. The molecule has 0 spiro atoms. The van der Waals surface area contributed by atoms with E-state index in [1.54, 1.807) is 0 Å². The molecular formula is C21H26ClN5O2. The molecule has 1 saturated heterocycles. The number of anilines is 1. The van der Waals surface area contributed by atoms with E-state index in [1.807, 2.05) is 54.4 Å². The SMILES string of the molecule is CC(=O)NCC(=O)N1CCCC(c2nc(N(C)C)ncc2-c2ccc(Cl)cc2)C1. The van der Waals surface area contributed by atoms with Crippen molar-refractivity contribution in [1.29, 1.82) is 0 Å². The molecule has 2 amide bonds. The van der Waals surface area contributed by atoms with E-state index in [4.69, 9.17) is 16.6 Å². The Morgan fingerprint density at radius 1 is 1.28 bits per heavy atom. The van der Waals surface area contributed by atoms with Crippen molar-refractivity contribution in [1.82, 2.24) is 20.2 Å². The lowest BCUT2D eigenvalue weighted by atomic mass is 9.90. The molecule has 1 aliphatic rings. The summed E-state index contributed by atoms with van der Waals surface area (Å²) in [5.41, 5.74) is 2.88. The number of nitrogens with zero attached hydrogens (tertiary/aromatic N) is 4. The van der Waals surface area contributed by atoms with E-state index in [9.17, 15) is 9.59 Å². The van der Waals surface area contributed by atoms with Gasteiger partial charge < -0.3 is 15.1 Å². The van der Waals surface area contributed by atoms with Gasteiger partial charge in [-0.1, -0.05) is 23.7 Å². The van der Waals surface area contributed by atoms with E-state index in [1.165, 1.54) is 6.92 Å². The molecule has 8 heteroatoms. The molecular weight excluding hydrogens is 390 g/mol. The second-order valence-corrected chi connectivity index (χ2v) is 7.90. The van der Waals surface area contributed by atoms with Gasteiger partial charge in [-0.2, -0.15) is 0 Å². The standard InChI is InChI=1S/C21H26ClN5O2/c1-14(28)23-12-19(29)27-10-4-5-16(13-27)20-18(11-24-21(25-20)26(2)3)15-6-8-17(22)9-7-15/h6-9,11,16H,4-5,10,12-13H2,1-3H3,(H,23,28). The van der Waals surface area contributed by atoms with Crippen LogP contribution in [-0.2, 0) is 9.59 Å². The van der Waals surface area contributed by atoms with Crippen molar-refractivity contribution in [3.05, 3.63) is 41.2 Å². The maximum Gasteiger partial charge on any atom is 0.241 e. The predicted octanol–water partition coefficient (Wildman–Crippen LogP) is 2.71. The number of nitrogens with one attached hydrogen (secondary N) is 1. The molecule has 0 aliphatic carbocycles. The highest BCUT2D eigenvalue weighted by Gasteiger charge is 2.28. The van der Waals surface area contributed by atoms with Crippen LogP contribution in [0.1, 0.15) is 31.4 Å². The number of piperidine rings is 1. The smallest absolute Gasteiger partial charge is 0.241 e. The molecule has 1 unspecified atom stereocenters. The van der Waals surface area contributed by atoms with Crippen molar-refractivity contribution in [2.75, 3.05) is 38.6 Å². The molecule has 0 bridgehead atoms. The van der Waals surface area contributed by atoms with Crippen LogP contribution in [0.25, 0.3) is 11.1 Å². The monoisotopic (exact) mass is 415 g/mol. The van der Waals surface area contributed by atoms with Gasteiger partial charge in [-0.15, -0.1) is 0 Å². The van der Waals surface area contributed by atoms with Gasteiger partial charge in [0.1, 0.15) is 0 Å². The van der Waals surface area contributed by atoms with E-state index < -0.39 is 0 Å². The van der Waals surface area contributed by atoms with Crippen LogP contribution in [0.3, 0.4) is 0 Å². The van der Waals surface area contributed by atoms with Crippen LogP contribution in [-0.4, -0.2) is 60.4 Å². The summed E-state index contributed by atoms with van der Waals surface area (Å²) in [6.45, 7) is 2.70. The number of likely N-dealkylation sites (tertiary alicyclic amines) is 1. The fourth-order valence-corrected chi connectivity index (χ4v) is 3.63. The fourth-order valence-electron chi connectivity index (χ4n) is 3.50. The van der Waals surface area contributed by atoms with Crippen LogP contribution in [0.2, 0.25) is 5.02 Å². The highest BCUT2D eigenvalue weighted by atomic mass is 35.5. The Balaban J connectivity index is 1.90. The Labute approximate surface area is 176 Å². The van der Waals surface area contributed by atoms with E-state index >= 15 is 0 Å². The molecule has 1 aromatic heterocycles. The molecule has 1 N–H and O–H groups in total. The number of carbonyl (C=O) groups excluding carboxylic acids is 2. The Kier molecular flexibility index (Phi) is 6.69. The van der Waals surface area contributed by atoms with Crippen LogP contribution in [0, 0.1) is 0 Å². The van der Waals surface area contributed by atoms with Crippen LogP contribution in [0.15, 0.2) is 30.5 Å². The maximum absolute atomic E-state index is 12.5. The maximum atomic E-state index is 12.5. The predicted molar refractivity (Wildman–Crippen MR) is 114 cm³/mol. The highest BCUT2D eigenvalue weighted by Crippen LogP contribution is 2.34. The summed E-state index contributed by atoms with van der Waals surface area (Å²) in [4.78, 5) is 36.6. The molecule has 1 fully saturated rings. The lowest BCUT2D eigenvalue weighted by molar-refractivity contribution is -0.133. The van der Waals surface area contributed by atoms with Gasteiger partial charge in [0.25, 0.3) is 0 Å². The third kappa shape index (κ3) is 5.23. The third-order valence-electron chi connectivity index (χ3n) is 5.01. The zero-order valence-corrected chi connectivity index (χ0v) is 17.7. The number of halogens is 1. The van der Waals surface area contributed by atoms with E-state index in [-0.39, 0.29) is 24.3 Å². The summed E-state index contributed by atoms with van der Waals surface area (Å²) < 4.78 is 0. The average molecular weight is 416 g/mol. The number of hydrogen-bond acceptors (Lipinski definition) is 5. The van der Waals surface area contributed by atoms with Gasteiger partial charge in [0.05, 0.1) is 12.2 Å². The first-order valence-corrected chi connectivity index (χ1v) is 10.1.